The van der Waals surface area contributed by atoms with E-state index in [1.165, 1.54) is 0 Å². The van der Waals surface area contributed by atoms with Crippen LogP contribution in [0.15, 0.2) is 36.2 Å². The number of para-hydroxylation sites is 1. The number of ether oxygens (including phenoxy) is 1. The normalized spacial score (nSPS) is 21.2. The number of hydrogen-bond acceptors (Lipinski definition) is 7. The van der Waals surface area contributed by atoms with Gasteiger partial charge in [0, 0.05) is 38.3 Å². The fourth-order valence-corrected chi connectivity index (χ4v) is 4.27. The third kappa shape index (κ3) is 3.81. The van der Waals surface area contributed by atoms with Gasteiger partial charge in [0.1, 0.15) is 17.4 Å². The van der Waals surface area contributed by atoms with Gasteiger partial charge in [0.05, 0.1) is 13.0 Å². The molecule has 3 heterocycles. The average Bonchev–Trinajstić information content (AvgIpc) is 3.36. The largest absolute Gasteiger partial charge is 0.496 e. The van der Waals surface area contributed by atoms with Gasteiger partial charge >= 0.3 is 0 Å². The summed E-state index contributed by atoms with van der Waals surface area (Å²) < 4.78 is 5.50. The summed E-state index contributed by atoms with van der Waals surface area (Å²) in [4.78, 5) is 31.5. The Labute approximate surface area is 186 Å². The summed E-state index contributed by atoms with van der Waals surface area (Å²) in [5.74, 6) is 1.37. The average molecular weight is 438 g/mol. The lowest BCUT2D eigenvalue weighted by atomic mass is 10.0. The minimum Gasteiger partial charge on any atom is -0.496 e. The summed E-state index contributed by atoms with van der Waals surface area (Å²) in [5, 5.41) is 14.1. The van der Waals surface area contributed by atoms with Crippen LogP contribution in [0.1, 0.15) is 47.2 Å². The molecule has 10 heteroatoms. The lowest BCUT2D eigenvalue weighted by molar-refractivity contribution is -0.130. The van der Waals surface area contributed by atoms with Crippen molar-refractivity contribution in [3.63, 3.8) is 0 Å². The van der Waals surface area contributed by atoms with E-state index in [1.54, 1.807) is 19.1 Å². The van der Waals surface area contributed by atoms with Gasteiger partial charge in [-0.2, -0.15) is 0 Å². The number of methoxy groups -OCH3 is 1. The van der Waals surface area contributed by atoms with Gasteiger partial charge in [-0.05, 0) is 31.4 Å². The van der Waals surface area contributed by atoms with Crippen molar-refractivity contribution >= 4 is 11.8 Å². The Morgan fingerprint density at radius 3 is 2.88 bits per heavy atom. The molecule has 1 atom stereocenters. The molecule has 1 saturated heterocycles. The van der Waals surface area contributed by atoms with Gasteiger partial charge in [0.15, 0.2) is 0 Å². The summed E-state index contributed by atoms with van der Waals surface area (Å²) >= 11 is 0. The smallest absolute Gasteiger partial charge is 0.291 e. The highest BCUT2D eigenvalue weighted by molar-refractivity contribution is 5.91. The van der Waals surface area contributed by atoms with Crippen molar-refractivity contribution in [1.29, 1.82) is 0 Å². The predicted octanol–water partition coefficient (Wildman–Crippen LogP) is 1.23. The minimum atomic E-state index is -0.491. The predicted molar refractivity (Wildman–Crippen MR) is 115 cm³/mol. The van der Waals surface area contributed by atoms with Crippen molar-refractivity contribution in [1.82, 2.24) is 35.4 Å². The van der Waals surface area contributed by atoms with Crippen molar-refractivity contribution in [2.45, 2.75) is 37.8 Å². The SMILES string of the molecule is COc1ccccc1CN1CC=C2N(C)C(=O)[C@H](c3nc(C(=O)NC4CC4)n[nH]3)CCN21. The summed E-state index contributed by atoms with van der Waals surface area (Å²) in [5.41, 5.74) is 1.08. The fourth-order valence-electron chi connectivity index (χ4n) is 4.27. The Balaban J connectivity index is 1.32. The van der Waals surface area contributed by atoms with Gasteiger partial charge in [-0.1, -0.05) is 18.2 Å². The molecule has 2 aromatic rings. The highest BCUT2D eigenvalue weighted by Crippen LogP contribution is 2.32. The molecule has 3 aliphatic rings. The summed E-state index contributed by atoms with van der Waals surface area (Å²) in [6.45, 7) is 2.03. The number of aromatic amines is 1. The number of carbonyl (C=O) groups is 2. The number of carbonyl (C=O) groups excluding carboxylic acids is 2. The van der Waals surface area contributed by atoms with E-state index in [1.807, 2.05) is 18.2 Å². The Bertz CT molecular complexity index is 1060. The molecule has 1 aromatic heterocycles. The quantitative estimate of drug-likeness (QED) is 0.700. The van der Waals surface area contributed by atoms with E-state index in [0.717, 1.165) is 30.0 Å². The number of hydrazine groups is 1. The lowest BCUT2D eigenvalue weighted by Gasteiger charge is -2.33. The molecule has 2 aliphatic heterocycles. The summed E-state index contributed by atoms with van der Waals surface area (Å²) in [7, 11) is 3.45. The van der Waals surface area contributed by atoms with Crippen LogP contribution in [0.25, 0.3) is 0 Å². The van der Waals surface area contributed by atoms with Crippen molar-refractivity contribution in [2.75, 3.05) is 27.2 Å². The summed E-state index contributed by atoms with van der Waals surface area (Å²) in [6, 6.07) is 8.18. The first-order valence-corrected chi connectivity index (χ1v) is 10.9. The van der Waals surface area contributed by atoms with Crippen LogP contribution in [0, 0.1) is 0 Å². The number of hydrogen-bond donors (Lipinski definition) is 2. The van der Waals surface area contributed by atoms with Crippen LogP contribution < -0.4 is 10.1 Å². The Morgan fingerprint density at radius 2 is 2.09 bits per heavy atom. The molecule has 2 amide bonds. The molecule has 0 bridgehead atoms. The van der Waals surface area contributed by atoms with Gasteiger partial charge < -0.3 is 15.0 Å². The number of likely N-dealkylation sites (N-methyl/N-ethyl adjacent to an activating group) is 1. The van der Waals surface area contributed by atoms with Crippen LogP contribution in [-0.2, 0) is 11.3 Å². The van der Waals surface area contributed by atoms with Crippen LogP contribution in [0.2, 0.25) is 0 Å². The van der Waals surface area contributed by atoms with E-state index in [9.17, 15) is 9.59 Å². The molecule has 2 N–H and O–H groups in total. The molecule has 10 nitrogen and oxygen atoms in total. The second-order valence-electron chi connectivity index (χ2n) is 8.37. The van der Waals surface area contributed by atoms with E-state index in [2.05, 4.69) is 42.7 Å². The zero-order valence-corrected chi connectivity index (χ0v) is 18.2. The van der Waals surface area contributed by atoms with Crippen LogP contribution >= 0.6 is 0 Å². The number of amides is 2. The molecule has 0 radical (unpaired) electrons. The molecule has 32 heavy (non-hydrogen) atoms. The zero-order valence-electron chi connectivity index (χ0n) is 18.2. The highest BCUT2D eigenvalue weighted by atomic mass is 16.5. The molecule has 5 rings (SSSR count). The third-order valence-electron chi connectivity index (χ3n) is 6.19. The first-order chi connectivity index (χ1) is 15.5. The number of nitrogens with one attached hydrogen (secondary N) is 2. The van der Waals surface area contributed by atoms with Crippen molar-refractivity contribution in [3.05, 3.63) is 53.4 Å². The van der Waals surface area contributed by atoms with Crippen LogP contribution in [0.3, 0.4) is 0 Å². The molecule has 2 fully saturated rings. The number of rotatable bonds is 6. The maximum Gasteiger partial charge on any atom is 0.291 e. The molecule has 168 valence electrons. The second kappa shape index (κ2) is 8.27. The van der Waals surface area contributed by atoms with Gasteiger partial charge in [-0.25, -0.2) is 9.99 Å². The number of benzene rings is 1. The van der Waals surface area contributed by atoms with Gasteiger partial charge in [-0.15, -0.1) is 5.10 Å². The second-order valence-corrected chi connectivity index (χ2v) is 8.37. The topological polar surface area (TPSA) is 107 Å². The molecule has 0 spiro atoms. The first kappa shape index (κ1) is 20.5. The Kier molecular flexibility index (Phi) is 5.30. The molecule has 1 saturated carbocycles. The highest BCUT2D eigenvalue weighted by Gasteiger charge is 2.38. The van der Waals surface area contributed by atoms with Crippen molar-refractivity contribution < 1.29 is 14.3 Å². The minimum absolute atomic E-state index is 0.0665. The van der Waals surface area contributed by atoms with Crippen LogP contribution in [-0.4, -0.2) is 75.2 Å². The maximum atomic E-state index is 13.3. The molecule has 0 unspecified atom stereocenters. The zero-order chi connectivity index (χ0) is 22.2. The summed E-state index contributed by atoms with van der Waals surface area (Å²) in [6.07, 6.45) is 4.60. The maximum absolute atomic E-state index is 13.3. The van der Waals surface area contributed by atoms with E-state index < -0.39 is 5.92 Å². The van der Waals surface area contributed by atoms with Gasteiger partial charge in [0.2, 0.25) is 11.7 Å². The van der Waals surface area contributed by atoms with E-state index in [0.29, 0.717) is 31.9 Å². The third-order valence-corrected chi connectivity index (χ3v) is 6.19. The Hall–Kier alpha value is -3.40. The number of nitrogens with zero attached hydrogens (tertiary/aromatic N) is 5. The lowest BCUT2D eigenvalue weighted by Crippen LogP contribution is -2.40. The Morgan fingerprint density at radius 1 is 1.28 bits per heavy atom. The van der Waals surface area contributed by atoms with E-state index >= 15 is 0 Å². The van der Waals surface area contributed by atoms with E-state index in [4.69, 9.17) is 4.74 Å². The molecule has 1 aromatic carbocycles. The number of H-pyrrole nitrogens is 1. The first-order valence-electron chi connectivity index (χ1n) is 10.9. The number of aromatic nitrogens is 3. The van der Waals surface area contributed by atoms with Crippen molar-refractivity contribution in [2.24, 2.45) is 0 Å². The van der Waals surface area contributed by atoms with E-state index in [-0.39, 0.29) is 23.7 Å². The number of fused-ring (bicyclic) bond motifs is 1. The monoisotopic (exact) mass is 437 g/mol. The standard InChI is InChI=1S/C22H27N7O3/c1-27-18-10-11-28(13-14-5-3-4-6-17(14)32-2)29(18)12-9-16(22(27)31)19-24-20(26-25-19)21(30)23-15-7-8-15/h3-6,10,15-16H,7-9,11-13H2,1-2H3,(H,23,30)(H,24,25,26)/t16-/m0/s1. The molecular weight excluding hydrogens is 410 g/mol. The fraction of sp³-hybridized carbons (Fsp3) is 0.455. The molecule has 1 aliphatic carbocycles. The van der Waals surface area contributed by atoms with Crippen LogP contribution in [0.5, 0.6) is 5.75 Å². The van der Waals surface area contributed by atoms with Gasteiger partial charge in [0.25, 0.3) is 5.91 Å². The van der Waals surface area contributed by atoms with Crippen LogP contribution in [0.4, 0.5) is 0 Å². The molecular formula is C22H27N7O3. The van der Waals surface area contributed by atoms with Gasteiger partial charge in [-0.3, -0.25) is 19.7 Å². The van der Waals surface area contributed by atoms with Crippen molar-refractivity contribution in [3.8, 4) is 5.75 Å².